The van der Waals surface area contributed by atoms with Gasteiger partial charge in [0.05, 0.1) is 27.7 Å². The zero-order valence-electron chi connectivity index (χ0n) is 51.9. The van der Waals surface area contributed by atoms with E-state index in [1.807, 2.05) is 21.1 Å². The fourth-order valence-corrected chi connectivity index (χ4v) is 10.8. The van der Waals surface area contributed by atoms with Crippen LogP contribution in [0.4, 0.5) is 0 Å². The summed E-state index contributed by atoms with van der Waals surface area (Å²) >= 11 is 0. The van der Waals surface area contributed by atoms with E-state index in [9.17, 15) is 19.0 Å². The number of nitrogens with zero attached hydrogens (tertiary/aromatic N) is 1. The van der Waals surface area contributed by atoms with Crippen molar-refractivity contribution in [3.05, 3.63) is 24.3 Å². The van der Waals surface area contributed by atoms with Gasteiger partial charge >= 0.3 is 11.9 Å². The minimum absolute atomic E-state index is 0.0264. The first-order valence-corrected chi connectivity index (χ1v) is 35.0. The third kappa shape index (κ3) is 63.5. The van der Waals surface area contributed by atoms with Gasteiger partial charge in [0, 0.05) is 12.8 Å². The van der Waals surface area contributed by atoms with Crippen molar-refractivity contribution in [2.45, 2.75) is 347 Å². The first-order chi connectivity index (χ1) is 37.5. The predicted octanol–water partition coefficient (Wildman–Crippen LogP) is 20.7. The highest BCUT2D eigenvalue weighted by Gasteiger charge is 2.22. The van der Waals surface area contributed by atoms with Crippen molar-refractivity contribution in [2.24, 2.45) is 0 Å². The van der Waals surface area contributed by atoms with Gasteiger partial charge in [-0.2, -0.15) is 0 Å². The van der Waals surface area contributed by atoms with E-state index in [0.717, 1.165) is 38.5 Å². The summed E-state index contributed by atoms with van der Waals surface area (Å²) in [5.41, 5.74) is 0. The quantitative estimate of drug-likeness (QED) is 0.0195. The van der Waals surface area contributed by atoms with Crippen molar-refractivity contribution in [3.63, 3.8) is 0 Å². The summed E-state index contributed by atoms with van der Waals surface area (Å²) in [5, 5.41) is 0. The third-order valence-electron chi connectivity index (χ3n) is 15.2. The number of phosphoric ester groups is 1. The fraction of sp³-hybridized carbons (Fsp3) is 0.910. The van der Waals surface area contributed by atoms with Crippen LogP contribution in [0.1, 0.15) is 341 Å². The van der Waals surface area contributed by atoms with Crippen LogP contribution >= 0.6 is 7.82 Å². The average molecular weight is 1110 g/mol. The van der Waals surface area contributed by atoms with Crippen LogP contribution in [0.5, 0.6) is 0 Å². The van der Waals surface area contributed by atoms with Crippen molar-refractivity contribution < 1.29 is 42.1 Å². The smallest absolute Gasteiger partial charge is 0.306 e. The van der Waals surface area contributed by atoms with Crippen LogP contribution in [0.2, 0.25) is 0 Å². The molecular formula is C67H130NO8P. The number of phosphoric acid groups is 1. The molecule has 0 saturated carbocycles. The lowest BCUT2D eigenvalue weighted by Gasteiger charge is -2.28. The lowest BCUT2D eigenvalue weighted by atomic mass is 10.0. The Bertz CT molecular complexity index is 1350. The van der Waals surface area contributed by atoms with E-state index in [0.29, 0.717) is 17.4 Å². The molecule has 0 N–H and O–H groups in total. The summed E-state index contributed by atoms with van der Waals surface area (Å²) in [7, 11) is 1.19. The minimum Gasteiger partial charge on any atom is -0.756 e. The van der Waals surface area contributed by atoms with Crippen molar-refractivity contribution >= 4 is 19.8 Å². The van der Waals surface area contributed by atoms with Crippen molar-refractivity contribution in [2.75, 3.05) is 47.5 Å². The van der Waals surface area contributed by atoms with Crippen LogP contribution in [-0.4, -0.2) is 70.0 Å². The number of esters is 2. The maximum absolute atomic E-state index is 12.8. The molecule has 0 fully saturated rings. The Hall–Kier alpha value is -1.51. The maximum Gasteiger partial charge on any atom is 0.306 e. The number of allylic oxidation sites excluding steroid dienone is 4. The normalized spacial score (nSPS) is 13.3. The molecule has 0 aromatic heterocycles. The van der Waals surface area contributed by atoms with Crippen molar-refractivity contribution in [1.82, 2.24) is 0 Å². The second kappa shape index (κ2) is 59.1. The number of quaternary nitrogens is 1. The van der Waals surface area contributed by atoms with Gasteiger partial charge in [0.2, 0.25) is 0 Å². The number of ether oxygens (including phenoxy) is 2. The highest BCUT2D eigenvalue weighted by Crippen LogP contribution is 2.38. The fourth-order valence-electron chi connectivity index (χ4n) is 10.0. The standard InChI is InChI=1S/C67H130NO8P/c1-6-8-10-12-14-16-18-20-22-23-24-25-26-27-28-29-30-31-32-33-34-35-36-37-38-39-40-41-42-43-44-45-46-48-50-52-54-56-58-60-67(70)76-65(64-75-77(71,72)74-62-61-68(3,4)5)63-73-66(69)59-57-55-53-51-49-47-21-19-17-15-13-11-9-7-2/h18,20,23-24,65H,6-17,19,21-22,25-64H2,1-5H3/b20-18-,24-23-. The number of likely N-dealkylation sites (N-methyl/N-ethyl adjacent to an activating group) is 1. The molecule has 0 aliphatic carbocycles. The van der Waals surface area contributed by atoms with E-state index in [4.69, 9.17) is 18.5 Å². The van der Waals surface area contributed by atoms with E-state index < -0.39 is 26.5 Å². The highest BCUT2D eigenvalue weighted by atomic mass is 31.2. The monoisotopic (exact) mass is 1110 g/mol. The molecule has 0 heterocycles. The molecule has 10 heteroatoms. The van der Waals surface area contributed by atoms with Gasteiger partial charge in [0.15, 0.2) is 6.10 Å². The second-order valence-corrected chi connectivity index (χ2v) is 25.6. The molecule has 0 saturated heterocycles. The summed E-state index contributed by atoms with van der Waals surface area (Å²) in [6.07, 6.45) is 72.7. The Kier molecular flexibility index (Phi) is 58.0. The summed E-state index contributed by atoms with van der Waals surface area (Å²) in [4.78, 5) is 37.9. The van der Waals surface area contributed by atoms with Gasteiger partial charge in [0.25, 0.3) is 7.82 Å². The van der Waals surface area contributed by atoms with Crippen LogP contribution in [0, 0.1) is 0 Å². The van der Waals surface area contributed by atoms with Crippen LogP contribution < -0.4 is 4.89 Å². The zero-order valence-corrected chi connectivity index (χ0v) is 52.8. The maximum atomic E-state index is 12.8. The van der Waals surface area contributed by atoms with Gasteiger partial charge in [-0.1, -0.05) is 308 Å². The topological polar surface area (TPSA) is 111 Å². The number of hydrogen-bond acceptors (Lipinski definition) is 8. The summed E-state index contributed by atoms with van der Waals surface area (Å²) in [5.74, 6) is -0.812. The van der Waals surface area contributed by atoms with Gasteiger partial charge in [0.1, 0.15) is 19.8 Å². The molecule has 0 radical (unpaired) electrons. The lowest BCUT2D eigenvalue weighted by Crippen LogP contribution is -2.37. The van der Waals surface area contributed by atoms with Gasteiger partial charge in [-0.3, -0.25) is 14.2 Å². The Morgan fingerprint density at radius 1 is 0.403 bits per heavy atom. The largest absolute Gasteiger partial charge is 0.756 e. The second-order valence-electron chi connectivity index (χ2n) is 24.2. The number of carbonyl (C=O) groups excluding carboxylic acids is 2. The van der Waals surface area contributed by atoms with E-state index >= 15 is 0 Å². The average Bonchev–Trinajstić information content (AvgIpc) is 3.39. The van der Waals surface area contributed by atoms with Gasteiger partial charge in [-0.15, -0.1) is 0 Å². The molecule has 0 amide bonds. The molecule has 9 nitrogen and oxygen atoms in total. The number of rotatable bonds is 63. The number of unbranched alkanes of at least 4 members (excludes halogenated alkanes) is 45. The van der Waals surface area contributed by atoms with Crippen LogP contribution in [0.15, 0.2) is 24.3 Å². The number of hydrogen-bond donors (Lipinski definition) is 0. The summed E-state index contributed by atoms with van der Waals surface area (Å²) in [6, 6.07) is 0. The zero-order chi connectivity index (χ0) is 56.3. The van der Waals surface area contributed by atoms with Gasteiger partial charge < -0.3 is 27.9 Å². The van der Waals surface area contributed by atoms with E-state index in [1.54, 1.807) is 0 Å². The third-order valence-corrected chi connectivity index (χ3v) is 16.2. The molecule has 2 unspecified atom stereocenters. The summed E-state index contributed by atoms with van der Waals surface area (Å²) < 4.78 is 34.2. The molecule has 0 spiro atoms. The Labute approximate surface area is 479 Å². The van der Waals surface area contributed by atoms with Crippen molar-refractivity contribution in [1.29, 1.82) is 0 Å². The van der Waals surface area contributed by atoms with Gasteiger partial charge in [-0.05, 0) is 44.9 Å². The lowest BCUT2D eigenvalue weighted by molar-refractivity contribution is -0.870. The molecule has 456 valence electrons. The van der Waals surface area contributed by atoms with E-state index in [-0.39, 0.29) is 32.0 Å². The molecule has 0 aliphatic rings. The van der Waals surface area contributed by atoms with Crippen LogP contribution in [-0.2, 0) is 32.7 Å². The first-order valence-electron chi connectivity index (χ1n) is 33.5. The van der Waals surface area contributed by atoms with Gasteiger partial charge in [-0.25, -0.2) is 0 Å². The molecule has 2 atom stereocenters. The van der Waals surface area contributed by atoms with Crippen LogP contribution in [0.3, 0.4) is 0 Å². The predicted molar refractivity (Wildman–Crippen MR) is 328 cm³/mol. The first kappa shape index (κ1) is 75.5. The Morgan fingerprint density at radius 3 is 1.03 bits per heavy atom. The van der Waals surface area contributed by atoms with E-state index in [1.165, 1.54) is 270 Å². The van der Waals surface area contributed by atoms with Crippen LogP contribution in [0.25, 0.3) is 0 Å². The minimum atomic E-state index is -4.63. The number of carbonyl (C=O) groups is 2. The van der Waals surface area contributed by atoms with Crippen molar-refractivity contribution in [3.8, 4) is 0 Å². The SMILES string of the molecule is CCCCCCC/C=C\C/C=C\CCCCCCCCCCCCCCCCCCCCCCCCCCCCCC(=O)OC(COC(=O)CCCCCCCCCCCCCCCC)COP(=O)([O-])OCC[N+](C)(C)C. The molecule has 0 aromatic rings. The Morgan fingerprint density at radius 2 is 0.701 bits per heavy atom. The molecule has 0 aromatic carbocycles. The highest BCUT2D eigenvalue weighted by molar-refractivity contribution is 7.45. The summed E-state index contributed by atoms with van der Waals surface area (Å²) in [6.45, 7) is 4.28. The molecule has 0 rings (SSSR count). The molecule has 77 heavy (non-hydrogen) atoms. The Balaban J connectivity index is 3.85. The molecular weight excluding hydrogens is 978 g/mol. The molecule has 0 bridgehead atoms. The molecule has 0 aliphatic heterocycles. The van der Waals surface area contributed by atoms with E-state index in [2.05, 4.69) is 38.2 Å².